The van der Waals surface area contributed by atoms with Gasteiger partial charge in [-0.2, -0.15) is 0 Å². The Morgan fingerprint density at radius 2 is 1.74 bits per heavy atom. The largest absolute Gasteiger partial charge is 0.389 e. The molecule has 2 N–H and O–H groups in total. The first-order valence-corrected chi connectivity index (χ1v) is 9.40. The van der Waals surface area contributed by atoms with Crippen LogP contribution >= 0.6 is 0 Å². The topological polar surface area (TPSA) is 69.6 Å². The molecule has 0 aromatic heterocycles. The van der Waals surface area contributed by atoms with Crippen LogP contribution in [0.1, 0.15) is 77.0 Å². The van der Waals surface area contributed by atoms with Crippen LogP contribution in [0.5, 0.6) is 0 Å². The maximum atomic E-state index is 12.6. The lowest BCUT2D eigenvalue weighted by molar-refractivity contribution is -0.136. The summed E-state index contributed by atoms with van der Waals surface area (Å²) >= 11 is 0. The van der Waals surface area contributed by atoms with Crippen molar-refractivity contribution in [1.29, 1.82) is 0 Å². The molecule has 1 aliphatic heterocycles. The standard InChI is InChI=1S/C18H30N2O3/c21-16(13-18(23)10-5-2-6-11-18)19-15-9-12-20(17(15)22)14-7-3-1-4-8-14/h14-15,23H,1-13H2,(H,19,21)/t15-/m1/s1. The van der Waals surface area contributed by atoms with E-state index in [-0.39, 0.29) is 24.3 Å². The number of likely N-dealkylation sites (tertiary alicyclic amines) is 1. The summed E-state index contributed by atoms with van der Waals surface area (Å²) in [6, 6.07) is -0.00250. The van der Waals surface area contributed by atoms with Gasteiger partial charge in [0, 0.05) is 12.6 Å². The van der Waals surface area contributed by atoms with Gasteiger partial charge < -0.3 is 15.3 Å². The van der Waals surface area contributed by atoms with Crippen molar-refractivity contribution in [3.8, 4) is 0 Å². The molecule has 1 saturated heterocycles. The summed E-state index contributed by atoms with van der Waals surface area (Å²) in [6.07, 6.45) is 11.3. The Morgan fingerprint density at radius 3 is 2.43 bits per heavy atom. The number of hydrogen-bond donors (Lipinski definition) is 2. The molecule has 23 heavy (non-hydrogen) atoms. The van der Waals surface area contributed by atoms with Crippen molar-refractivity contribution in [2.75, 3.05) is 6.54 Å². The minimum Gasteiger partial charge on any atom is -0.389 e. The highest BCUT2D eigenvalue weighted by Crippen LogP contribution is 2.31. The van der Waals surface area contributed by atoms with Crippen molar-refractivity contribution in [2.45, 2.75) is 94.7 Å². The number of nitrogens with one attached hydrogen (secondary N) is 1. The predicted octanol–water partition coefficient (Wildman–Crippen LogP) is 2.12. The lowest BCUT2D eigenvalue weighted by Gasteiger charge is -2.32. The van der Waals surface area contributed by atoms with E-state index in [0.717, 1.165) is 38.6 Å². The van der Waals surface area contributed by atoms with Crippen molar-refractivity contribution < 1.29 is 14.7 Å². The van der Waals surface area contributed by atoms with Crippen molar-refractivity contribution in [3.05, 3.63) is 0 Å². The molecule has 2 aliphatic carbocycles. The third-order valence-corrected chi connectivity index (χ3v) is 5.86. The van der Waals surface area contributed by atoms with E-state index in [9.17, 15) is 14.7 Å². The first kappa shape index (κ1) is 16.7. The van der Waals surface area contributed by atoms with Crippen LogP contribution in [0, 0.1) is 0 Å². The van der Waals surface area contributed by atoms with Gasteiger partial charge >= 0.3 is 0 Å². The zero-order valence-corrected chi connectivity index (χ0v) is 14.1. The number of carbonyl (C=O) groups excluding carboxylic acids is 2. The molecule has 0 unspecified atom stereocenters. The van der Waals surface area contributed by atoms with Crippen LogP contribution in [0.4, 0.5) is 0 Å². The molecule has 0 aromatic carbocycles. The summed E-state index contributed by atoms with van der Waals surface area (Å²) in [5.74, 6) is -0.0841. The normalized spacial score (nSPS) is 28.8. The fraction of sp³-hybridized carbons (Fsp3) is 0.889. The van der Waals surface area contributed by atoms with Crippen molar-refractivity contribution >= 4 is 11.8 Å². The summed E-state index contributed by atoms with van der Waals surface area (Å²) < 4.78 is 0. The third kappa shape index (κ3) is 4.06. The van der Waals surface area contributed by atoms with E-state index in [0.29, 0.717) is 25.3 Å². The van der Waals surface area contributed by atoms with E-state index in [2.05, 4.69) is 5.32 Å². The summed E-state index contributed by atoms with van der Waals surface area (Å²) in [7, 11) is 0. The molecule has 2 saturated carbocycles. The number of aliphatic hydroxyl groups is 1. The maximum Gasteiger partial charge on any atom is 0.245 e. The second-order valence-corrected chi connectivity index (χ2v) is 7.69. The summed E-state index contributed by atoms with van der Waals surface area (Å²) in [4.78, 5) is 26.8. The second kappa shape index (κ2) is 7.20. The molecule has 3 aliphatic rings. The van der Waals surface area contributed by atoms with E-state index in [1.165, 1.54) is 19.3 Å². The van der Waals surface area contributed by atoms with Gasteiger partial charge in [-0.1, -0.05) is 38.5 Å². The fourth-order valence-corrected chi connectivity index (χ4v) is 4.52. The molecule has 3 rings (SSSR count). The van der Waals surface area contributed by atoms with E-state index in [1.807, 2.05) is 4.90 Å². The Balaban J connectivity index is 1.50. The summed E-state index contributed by atoms with van der Waals surface area (Å²) in [6.45, 7) is 0.763. The van der Waals surface area contributed by atoms with Gasteiger partial charge in [-0.05, 0) is 32.1 Å². The number of hydrogen-bond acceptors (Lipinski definition) is 3. The molecule has 3 fully saturated rings. The Hall–Kier alpha value is -1.10. The van der Waals surface area contributed by atoms with Crippen LogP contribution in [0.2, 0.25) is 0 Å². The van der Waals surface area contributed by atoms with Gasteiger partial charge in [0.15, 0.2) is 0 Å². The number of carbonyl (C=O) groups is 2. The van der Waals surface area contributed by atoms with Crippen LogP contribution in [-0.4, -0.2) is 46.1 Å². The molecule has 5 heteroatoms. The van der Waals surface area contributed by atoms with E-state index >= 15 is 0 Å². The van der Waals surface area contributed by atoms with E-state index < -0.39 is 5.60 Å². The van der Waals surface area contributed by atoms with Crippen LogP contribution in [-0.2, 0) is 9.59 Å². The molecule has 0 bridgehead atoms. The zero-order chi connectivity index (χ0) is 16.3. The number of rotatable bonds is 4. The van der Waals surface area contributed by atoms with Crippen LogP contribution in [0.25, 0.3) is 0 Å². The average molecular weight is 322 g/mol. The fourth-order valence-electron chi connectivity index (χ4n) is 4.52. The molecule has 2 amide bonds. The molecule has 1 heterocycles. The van der Waals surface area contributed by atoms with Crippen molar-refractivity contribution in [3.63, 3.8) is 0 Å². The molecule has 0 radical (unpaired) electrons. The van der Waals surface area contributed by atoms with Gasteiger partial charge in [-0.3, -0.25) is 9.59 Å². The maximum absolute atomic E-state index is 12.6. The minimum absolute atomic E-state index is 0.0842. The number of amides is 2. The van der Waals surface area contributed by atoms with Gasteiger partial charge in [0.2, 0.25) is 11.8 Å². The second-order valence-electron chi connectivity index (χ2n) is 7.69. The number of nitrogens with zero attached hydrogens (tertiary/aromatic N) is 1. The zero-order valence-electron chi connectivity index (χ0n) is 14.1. The Kier molecular flexibility index (Phi) is 5.24. The molecule has 130 valence electrons. The van der Waals surface area contributed by atoms with Gasteiger partial charge in [0.1, 0.15) is 6.04 Å². The Morgan fingerprint density at radius 1 is 1.09 bits per heavy atom. The van der Waals surface area contributed by atoms with Crippen LogP contribution in [0.3, 0.4) is 0 Å². The highest BCUT2D eigenvalue weighted by atomic mass is 16.3. The molecule has 1 atom stereocenters. The predicted molar refractivity (Wildman–Crippen MR) is 87.8 cm³/mol. The minimum atomic E-state index is -0.854. The Labute approximate surface area is 138 Å². The molecular weight excluding hydrogens is 292 g/mol. The molecule has 0 spiro atoms. The molecule has 0 aromatic rings. The highest BCUT2D eigenvalue weighted by Gasteiger charge is 2.38. The summed E-state index contributed by atoms with van der Waals surface area (Å²) in [5.41, 5.74) is -0.854. The third-order valence-electron chi connectivity index (χ3n) is 5.86. The first-order valence-electron chi connectivity index (χ1n) is 9.40. The van der Waals surface area contributed by atoms with E-state index in [1.54, 1.807) is 0 Å². The van der Waals surface area contributed by atoms with Gasteiger partial charge in [-0.25, -0.2) is 0 Å². The highest BCUT2D eigenvalue weighted by molar-refractivity contribution is 5.89. The van der Waals surface area contributed by atoms with Gasteiger partial charge in [-0.15, -0.1) is 0 Å². The Bertz CT molecular complexity index is 440. The van der Waals surface area contributed by atoms with Crippen LogP contribution in [0.15, 0.2) is 0 Å². The van der Waals surface area contributed by atoms with Crippen molar-refractivity contribution in [1.82, 2.24) is 10.2 Å². The average Bonchev–Trinajstić information content (AvgIpc) is 2.89. The van der Waals surface area contributed by atoms with Gasteiger partial charge in [0.25, 0.3) is 0 Å². The summed E-state index contributed by atoms with van der Waals surface area (Å²) in [5, 5.41) is 13.4. The monoisotopic (exact) mass is 322 g/mol. The lowest BCUT2D eigenvalue weighted by atomic mass is 9.82. The SMILES string of the molecule is O=C(CC1(O)CCCCC1)N[C@@H]1CCN(C2CCCCC2)C1=O. The molecular formula is C18H30N2O3. The van der Waals surface area contributed by atoms with E-state index in [4.69, 9.17) is 0 Å². The lowest BCUT2D eigenvalue weighted by Crippen LogP contribution is -2.47. The smallest absolute Gasteiger partial charge is 0.245 e. The van der Waals surface area contributed by atoms with Gasteiger partial charge in [0.05, 0.1) is 12.0 Å². The first-order chi connectivity index (χ1) is 11.1. The quantitative estimate of drug-likeness (QED) is 0.833. The van der Waals surface area contributed by atoms with Crippen LogP contribution < -0.4 is 5.32 Å². The molecule has 5 nitrogen and oxygen atoms in total. The van der Waals surface area contributed by atoms with Crippen molar-refractivity contribution in [2.24, 2.45) is 0 Å².